The third-order valence-corrected chi connectivity index (χ3v) is 8.32. The number of hydrogen-bond acceptors (Lipinski definition) is 4. The molecule has 0 radical (unpaired) electrons. The summed E-state index contributed by atoms with van der Waals surface area (Å²) >= 11 is 0. The SMILES string of the molecule is Cc1cccc(OC(=O)[C@H](Cc2ccccc2)N2C(=O)[C@@H]3[C@H]4C=C[C@@H]([C@@H]5C[C@H]45)[C@H]3C2=O)c1C. The average Bonchev–Trinajstić information content (AvgIpc) is 3.60. The van der Waals surface area contributed by atoms with Crippen LogP contribution in [-0.2, 0) is 20.8 Å². The van der Waals surface area contributed by atoms with Crippen molar-refractivity contribution in [3.8, 4) is 5.75 Å². The lowest BCUT2D eigenvalue weighted by Gasteiger charge is -2.37. The highest BCUT2D eigenvalue weighted by Crippen LogP contribution is 2.65. The zero-order valence-corrected chi connectivity index (χ0v) is 18.8. The van der Waals surface area contributed by atoms with Crippen LogP contribution >= 0.6 is 0 Å². The van der Waals surface area contributed by atoms with Gasteiger partial charge in [0.1, 0.15) is 11.8 Å². The molecular formula is C28H27NO4. The van der Waals surface area contributed by atoms with Crippen molar-refractivity contribution in [2.75, 3.05) is 0 Å². The molecule has 5 heteroatoms. The second-order valence-electron chi connectivity index (χ2n) is 10.0. The van der Waals surface area contributed by atoms with E-state index in [1.807, 2.05) is 56.3 Å². The first kappa shape index (κ1) is 20.4. The molecule has 168 valence electrons. The molecule has 2 aromatic carbocycles. The second-order valence-corrected chi connectivity index (χ2v) is 10.0. The molecule has 2 aromatic rings. The first-order valence-electron chi connectivity index (χ1n) is 11.8. The van der Waals surface area contributed by atoms with E-state index >= 15 is 0 Å². The summed E-state index contributed by atoms with van der Waals surface area (Å²) in [7, 11) is 0. The first-order chi connectivity index (χ1) is 16.0. The minimum atomic E-state index is -0.978. The number of amides is 2. The second kappa shape index (κ2) is 7.41. The van der Waals surface area contributed by atoms with Crippen LogP contribution in [-0.4, -0.2) is 28.7 Å². The van der Waals surface area contributed by atoms with Crippen LogP contribution in [0.5, 0.6) is 5.75 Å². The number of aryl methyl sites for hydroxylation is 1. The van der Waals surface area contributed by atoms with Gasteiger partial charge in [0, 0.05) is 6.42 Å². The van der Waals surface area contributed by atoms with E-state index in [9.17, 15) is 14.4 Å². The minimum Gasteiger partial charge on any atom is -0.425 e. The standard InChI is InChI=1S/C28H27NO4/c1-15-7-6-10-23(16(15)2)33-28(32)22(13-17-8-4-3-5-9-17)29-26(30)24-18-11-12-19(21-14-20(18)21)25(24)27(29)31/h3-12,18-22,24-25H,13-14H2,1-2H3/t18-,19-,20-,21+,22-,24+,25+/m0/s1. The molecule has 4 aliphatic carbocycles. The molecule has 2 bridgehead atoms. The van der Waals surface area contributed by atoms with Gasteiger partial charge in [-0.15, -0.1) is 0 Å². The number of nitrogens with zero attached hydrogens (tertiary/aromatic N) is 1. The summed E-state index contributed by atoms with van der Waals surface area (Å²) in [6, 6.07) is 14.1. The van der Waals surface area contributed by atoms with E-state index in [4.69, 9.17) is 4.74 Å². The van der Waals surface area contributed by atoms with Crippen LogP contribution in [0.15, 0.2) is 60.7 Å². The maximum atomic E-state index is 13.7. The fraction of sp³-hybridized carbons (Fsp3) is 0.393. The molecule has 7 atom stereocenters. The lowest BCUT2D eigenvalue weighted by Crippen LogP contribution is -2.48. The van der Waals surface area contributed by atoms with Crippen molar-refractivity contribution < 1.29 is 19.1 Å². The van der Waals surface area contributed by atoms with Gasteiger partial charge in [-0.05, 0) is 66.7 Å². The van der Waals surface area contributed by atoms with Crippen LogP contribution in [0.2, 0.25) is 0 Å². The van der Waals surface area contributed by atoms with Gasteiger partial charge >= 0.3 is 5.97 Å². The molecule has 33 heavy (non-hydrogen) atoms. The van der Waals surface area contributed by atoms with E-state index in [2.05, 4.69) is 12.2 Å². The molecule has 1 saturated heterocycles. The smallest absolute Gasteiger partial charge is 0.335 e. The summed E-state index contributed by atoms with van der Waals surface area (Å²) in [6.45, 7) is 3.86. The van der Waals surface area contributed by atoms with E-state index in [1.54, 1.807) is 6.07 Å². The van der Waals surface area contributed by atoms with Crippen molar-refractivity contribution >= 4 is 17.8 Å². The van der Waals surface area contributed by atoms with Gasteiger partial charge < -0.3 is 4.74 Å². The molecular weight excluding hydrogens is 414 g/mol. The van der Waals surface area contributed by atoms with Gasteiger partial charge in [0.15, 0.2) is 0 Å². The summed E-state index contributed by atoms with van der Waals surface area (Å²) < 4.78 is 5.82. The van der Waals surface area contributed by atoms with E-state index in [0.29, 0.717) is 17.6 Å². The molecule has 5 nitrogen and oxygen atoms in total. The highest BCUT2D eigenvalue weighted by atomic mass is 16.5. The Kier molecular flexibility index (Phi) is 4.58. The highest BCUT2D eigenvalue weighted by molar-refractivity contribution is 6.09. The van der Waals surface area contributed by atoms with Gasteiger partial charge in [-0.2, -0.15) is 0 Å². The van der Waals surface area contributed by atoms with Crippen LogP contribution in [0.25, 0.3) is 0 Å². The molecule has 2 amide bonds. The average molecular weight is 442 g/mol. The first-order valence-corrected chi connectivity index (χ1v) is 11.8. The molecule has 2 saturated carbocycles. The van der Waals surface area contributed by atoms with Crippen molar-refractivity contribution in [2.24, 2.45) is 35.5 Å². The number of likely N-dealkylation sites (tertiary alicyclic amines) is 1. The quantitative estimate of drug-likeness (QED) is 0.306. The number of rotatable bonds is 5. The van der Waals surface area contributed by atoms with Crippen molar-refractivity contribution in [1.82, 2.24) is 4.90 Å². The number of allylic oxidation sites excluding steroid dienone is 2. The molecule has 7 rings (SSSR count). The van der Waals surface area contributed by atoms with Crippen LogP contribution in [0.4, 0.5) is 0 Å². The maximum Gasteiger partial charge on any atom is 0.335 e. The Morgan fingerprint density at radius 3 is 2.21 bits per heavy atom. The number of carbonyl (C=O) groups excluding carboxylic acids is 3. The van der Waals surface area contributed by atoms with Crippen molar-refractivity contribution in [3.05, 3.63) is 77.4 Å². The number of imide groups is 1. The molecule has 5 aliphatic rings. The van der Waals surface area contributed by atoms with Crippen molar-refractivity contribution in [3.63, 3.8) is 0 Å². The molecule has 1 heterocycles. The number of esters is 1. The lowest BCUT2D eigenvalue weighted by molar-refractivity contribution is -0.153. The summed E-state index contributed by atoms with van der Waals surface area (Å²) in [5, 5.41) is 0. The van der Waals surface area contributed by atoms with Gasteiger partial charge in [0.05, 0.1) is 11.8 Å². The fourth-order valence-electron chi connectivity index (χ4n) is 6.42. The minimum absolute atomic E-state index is 0.124. The third kappa shape index (κ3) is 3.09. The summed E-state index contributed by atoms with van der Waals surface area (Å²) in [6.07, 6.45) is 5.65. The van der Waals surface area contributed by atoms with Crippen molar-refractivity contribution in [2.45, 2.75) is 32.7 Å². The van der Waals surface area contributed by atoms with Gasteiger partial charge in [0.2, 0.25) is 11.8 Å². The largest absolute Gasteiger partial charge is 0.425 e. The number of hydrogen-bond donors (Lipinski definition) is 0. The zero-order chi connectivity index (χ0) is 22.9. The molecule has 0 spiro atoms. The number of carbonyl (C=O) groups is 3. The molecule has 0 N–H and O–H groups in total. The van der Waals surface area contributed by atoms with Gasteiger partial charge in [0.25, 0.3) is 0 Å². The third-order valence-electron chi connectivity index (χ3n) is 8.32. The van der Waals surface area contributed by atoms with Crippen LogP contribution in [0.3, 0.4) is 0 Å². The Hall–Kier alpha value is -3.21. The van der Waals surface area contributed by atoms with Gasteiger partial charge in [-0.1, -0.05) is 54.6 Å². The normalized spacial score (nSPS) is 31.9. The Labute approximate surface area is 193 Å². The maximum absolute atomic E-state index is 13.7. The fourth-order valence-corrected chi connectivity index (χ4v) is 6.42. The predicted octanol–water partition coefficient (Wildman–Crippen LogP) is 3.87. The molecule has 0 unspecified atom stereocenters. The molecule has 1 aliphatic heterocycles. The Morgan fingerprint density at radius 1 is 0.939 bits per heavy atom. The zero-order valence-electron chi connectivity index (χ0n) is 18.8. The van der Waals surface area contributed by atoms with Crippen LogP contribution in [0, 0.1) is 49.4 Å². The van der Waals surface area contributed by atoms with Crippen molar-refractivity contribution in [1.29, 1.82) is 0 Å². The number of ether oxygens (including phenoxy) is 1. The van der Waals surface area contributed by atoms with E-state index < -0.39 is 12.0 Å². The Balaban J connectivity index is 1.34. The number of benzene rings is 2. The highest BCUT2D eigenvalue weighted by Gasteiger charge is 2.68. The predicted molar refractivity (Wildman–Crippen MR) is 122 cm³/mol. The molecule has 3 fully saturated rings. The summed E-state index contributed by atoms with van der Waals surface area (Å²) in [4.78, 5) is 42.1. The van der Waals surface area contributed by atoms with E-state index in [0.717, 1.165) is 23.1 Å². The molecule has 0 aromatic heterocycles. The van der Waals surface area contributed by atoms with Gasteiger partial charge in [-0.3, -0.25) is 14.5 Å². The monoisotopic (exact) mass is 441 g/mol. The van der Waals surface area contributed by atoms with Gasteiger partial charge in [-0.25, -0.2) is 4.79 Å². The topological polar surface area (TPSA) is 63.7 Å². The van der Waals surface area contributed by atoms with E-state index in [-0.39, 0.29) is 41.9 Å². The lowest BCUT2D eigenvalue weighted by atomic mass is 9.63. The summed E-state index contributed by atoms with van der Waals surface area (Å²) in [5.41, 5.74) is 2.78. The van der Waals surface area contributed by atoms with Crippen LogP contribution < -0.4 is 4.74 Å². The van der Waals surface area contributed by atoms with Crippen LogP contribution in [0.1, 0.15) is 23.1 Å². The van der Waals surface area contributed by atoms with E-state index in [1.165, 1.54) is 4.90 Å². The Bertz CT molecular complexity index is 1150. The Morgan fingerprint density at radius 2 is 1.58 bits per heavy atom. The summed E-state index contributed by atoms with van der Waals surface area (Å²) in [5.74, 6) is 0.140.